The predicted molar refractivity (Wildman–Crippen MR) is 76.3 cm³/mol. The second-order valence-corrected chi connectivity index (χ2v) is 4.56. The lowest BCUT2D eigenvalue weighted by atomic mass is 10.1. The quantitative estimate of drug-likeness (QED) is 0.841. The monoisotopic (exact) mass is 274 g/mol. The lowest BCUT2D eigenvalue weighted by Gasteiger charge is -2.21. The van der Waals surface area contributed by atoms with Crippen LogP contribution in [0.4, 0.5) is 15.8 Å². The van der Waals surface area contributed by atoms with Crippen LogP contribution in [0.15, 0.2) is 42.5 Å². The van der Waals surface area contributed by atoms with E-state index in [0.717, 1.165) is 5.56 Å². The largest absolute Gasteiger partial charge is 0.478 e. The Hall–Kier alpha value is -2.56. The van der Waals surface area contributed by atoms with Crippen molar-refractivity contribution in [3.8, 4) is 0 Å². The molecule has 0 saturated heterocycles. The van der Waals surface area contributed by atoms with E-state index in [4.69, 9.17) is 5.73 Å². The summed E-state index contributed by atoms with van der Waals surface area (Å²) in [5.74, 6) is -1.31. The molecule has 0 spiro atoms. The number of hydrogen-bond acceptors (Lipinski definition) is 3. The highest BCUT2D eigenvalue weighted by atomic mass is 19.1. The second kappa shape index (κ2) is 5.61. The fourth-order valence-electron chi connectivity index (χ4n) is 1.99. The molecule has 0 fully saturated rings. The van der Waals surface area contributed by atoms with Gasteiger partial charge in [0.05, 0.1) is 11.3 Å². The Morgan fingerprint density at radius 3 is 2.50 bits per heavy atom. The lowest BCUT2D eigenvalue weighted by Crippen LogP contribution is -2.19. The summed E-state index contributed by atoms with van der Waals surface area (Å²) < 4.78 is 12.9. The van der Waals surface area contributed by atoms with Crippen LogP contribution in [0.3, 0.4) is 0 Å². The van der Waals surface area contributed by atoms with Crippen molar-refractivity contribution in [3.05, 3.63) is 59.4 Å². The Bertz CT molecular complexity index is 626. The van der Waals surface area contributed by atoms with Crippen LogP contribution in [-0.2, 0) is 6.54 Å². The average molecular weight is 274 g/mol. The van der Waals surface area contributed by atoms with Crippen LogP contribution < -0.4 is 10.6 Å². The molecule has 0 bridgehead atoms. The number of carboxylic acid groups (broad SMARTS) is 1. The number of benzene rings is 2. The van der Waals surface area contributed by atoms with E-state index in [2.05, 4.69) is 0 Å². The molecule has 0 aliphatic rings. The molecule has 0 aromatic heterocycles. The Morgan fingerprint density at radius 2 is 1.90 bits per heavy atom. The maximum absolute atomic E-state index is 12.9. The molecule has 0 amide bonds. The molecule has 0 heterocycles. The Kier molecular flexibility index (Phi) is 3.89. The molecular weight excluding hydrogens is 259 g/mol. The molecule has 0 aliphatic heterocycles. The van der Waals surface area contributed by atoms with Gasteiger partial charge in [0.1, 0.15) is 5.82 Å². The molecular formula is C15H15FN2O2. The van der Waals surface area contributed by atoms with Gasteiger partial charge >= 0.3 is 5.97 Å². The van der Waals surface area contributed by atoms with E-state index in [9.17, 15) is 14.3 Å². The van der Waals surface area contributed by atoms with Crippen molar-refractivity contribution in [2.75, 3.05) is 17.7 Å². The summed E-state index contributed by atoms with van der Waals surface area (Å²) in [4.78, 5) is 13.0. The average Bonchev–Trinajstić information content (AvgIpc) is 2.41. The summed E-state index contributed by atoms with van der Waals surface area (Å²) in [6, 6.07) is 10.7. The van der Waals surface area contributed by atoms with Crippen molar-refractivity contribution in [1.82, 2.24) is 0 Å². The fourth-order valence-corrected chi connectivity index (χ4v) is 1.99. The molecule has 4 nitrogen and oxygen atoms in total. The van der Waals surface area contributed by atoms with Crippen molar-refractivity contribution in [2.45, 2.75) is 6.54 Å². The van der Waals surface area contributed by atoms with E-state index in [1.54, 1.807) is 36.2 Å². The van der Waals surface area contributed by atoms with Crippen LogP contribution in [0, 0.1) is 5.82 Å². The van der Waals surface area contributed by atoms with Gasteiger partial charge in [0.25, 0.3) is 0 Å². The minimum Gasteiger partial charge on any atom is -0.478 e. The molecule has 104 valence electrons. The van der Waals surface area contributed by atoms with Gasteiger partial charge in [0.15, 0.2) is 0 Å². The van der Waals surface area contributed by atoms with Crippen molar-refractivity contribution in [3.63, 3.8) is 0 Å². The first kappa shape index (κ1) is 13.9. The number of carboxylic acids is 1. The molecule has 2 rings (SSSR count). The van der Waals surface area contributed by atoms with Crippen LogP contribution in [0.2, 0.25) is 0 Å². The molecule has 2 aromatic rings. The number of anilines is 2. The predicted octanol–water partition coefficient (Wildman–Crippen LogP) is 2.74. The number of halogens is 1. The van der Waals surface area contributed by atoms with Gasteiger partial charge in [-0.3, -0.25) is 0 Å². The van der Waals surface area contributed by atoms with E-state index in [0.29, 0.717) is 17.9 Å². The summed E-state index contributed by atoms with van der Waals surface area (Å²) >= 11 is 0. The second-order valence-electron chi connectivity index (χ2n) is 4.56. The molecule has 0 saturated carbocycles. The number of nitrogens with zero attached hydrogens (tertiary/aromatic N) is 1. The number of aromatic carboxylic acids is 1. The van der Waals surface area contributed by atoms with E-state index < -0.39 is 5.97 Å². The third-order valence-corrected chi connectivity index (χ3v) is 3.00. The van der Waals surface area contributed by atoms with Crippen molar-refractivity contribution >= 4 is 17.3 Å². The van der Waals surface area contributed by atoms with Gasteiger partial charge in [-0.25, -0.2) is 9.18 Å². The van der Waals surface area contributed by atoms with E-state index in [1.165, 1.54) is 18.2 Å². The Balaban J connectivity index is 2.28. The molecule has 0 unspecified atom stereocenters. The van der Waals surface area contributed by atoms with E-state index >= 15 is 0 Å². The minimum absolute atomic E-state index is 0.184. The third-order valence-electron chi connectivity index (χ3n) is 3.00. The smallest absolute Gasteiger partial charge is 0.337 e. The molecule has 20 heavy (non-hydrogen) atoms. The van der Waals surface area contributed by atoms with Crippen LogP contribution in [0.1, 0.15) is 15.9 Å². The Morgan fingerprint density at radius 1 is 1.25 bits per heavy atom. The highest BCUT2D eigenvalue weighted by Gasteiger charge is 2.14. The van der Waals surface area contributed by atoms with E-state index in [1.807, 2.05) is 0 Å². The third kappa shape index (κ3) is 3.06. The summed E-state index contributed by atoms with van der Waals surface area (Å²) in [5, 5.41) is 9.19. The molecule has 5 heteroatoms. The van der Waals surface area contributed by atoms with Crippen LogP contribution >= 0.6 is 0 Å². The topological polar surface area (TPSA) is 66.6 Å². The van der Waals surface area contributed by atoms with Crippen LogP contribution in [0.5, 0.6) is 0 Å². The summed E-state index contributed by atoms with van der Waals surface area (Å²) in [7, 11) is 1.77. The standard InChI is InChI=1S/C15H15FN2O2/c1-18(9-10-2-4-11(16)5-3-10)14-8-12(17)6-7-13(14)15(19)20/h2-8H,9,17H2,1H3,(H,19,20). The molecule has 0 aliphatic carbocycles. The van der Waals surface area contributed by atoms with Crippen molar-refractivity contribution in [2.24, 2.45) is 0 Å². The van der Waals surface area contributed by atoms with Gasteiger partial charge in [-0.2, -0.15) is 0 Å². The van der Waals surface area contributed by atoms with E-state index in [-0.39, 0.29) is 11.4 Å². The van der Waals surface area contributed by atoms with Crippen LogP contribution in [-0.4, -0.2) is 18.1 Å². The van der Waals surface area contributed by atoms with Gasteiger partial charge < -0.3 is 15.7 Å². The molecule has 3 N–H and O–H groups in total. The van der Waals surface area contributed by atoms with Crippen molar-refractivity contribution in [1.29, 1.82) is 0 Å². The van der Waals surface area contributed by atoms with Crippen molar-refractivity contribution < 1.29 is 14.3 Å². The molecule has 0 radical (unpaired) electrons. The number of carbonyl (C=O) groups is 1. The maximum Gasteiger partial charge on any atom is 0.337 e. The van der Waals surface area contributed by atoms with Gasteiger partial charge in [-0.05, 0) is 35.9 Å². The first-order chi connectivity index (χ1) is 9.47. The minimum atomic E-state index is -1.01. The Labute approximate surface area is 116 Å². The van der Waals surface area contributed by atoms with Gasteiger partial charge in [-0.1, -0.05) is 12.1 Å². The maximum atomic E-state index is 12.9. The summed E-state index contributed by atoms with van der Waals surface area (Å²) in [6.07, 6.45) is 0. The fraction of sp³-hybridized carbons (Fsp3) is 0.133. The molecule has 2 aromatic carbocycles. The highest BCUT2D eigenvalue weighted by molar-refractivity contribution is 5.95. The number of nitrogens with two attached hydrogens (primary N) is 1. The number of hydrogen-bond donors (Lipinski definition) is 2. The first-order valence-electron chi connectivity index (χ1n) is 6.06. The van der Waals surface area contributed by atoms with Gasteiger partial charge in [0.2, 0.25) is 0 Å². The van der Waals surface area contributed by atoms with Gasteiger partial charge in [-0.15, -0.1) is 0 Å². The van der Waals surface area contributed by atoms with Gasteiger partial charge in [0, 0.05) is 19.3 Å². The summed E-state index contributed by atoms with van der Waals surface area (Å²) in [6.45, 7) is 0.462. The first-order valence-corrected chi connectivity index (χ1v) is 6.06. The number of nitrogen functional groups attached to an aromatic ring is 1. The van der Waals surface area contributed by atoms with Crippen LogP contribution in [0.25, 0.3) is 0 Å². The zero-order valence-corrected chi connectivity index (χ0v) is 11.0. The number of rotatable bonds is 4. The SMILES string of the molecule is CN(Cc1ccc(F)cc1)c1cc(N)ccc1C(=O)O. The normalized spacial score (nSPS) is 10.3. The zero-order chi connectivity index (χ0) is 14.7. The lowest BCUT2D eigenvalue weighted by molar-refractivity contribution is 0.0697. The highest BCUT2D eigenvalue weighted by Crippen LogP contribution is 2.24. The molecule has 0 atom stereocenters. The summed E-state index contributed by atoms with van der Waals surface area (Å²) in [5.41, 5.74) is 7.80. The zero-order valence-electron chi connectivity index (χ0n) is 11.0.